The van der Waals surface area contributed by atoms with Gasteiger partial charge in [0.05, 0.1) is 17.7 Å². The SMILES string of the molecule is COc1ccc([N+](=O)[O-])cc1NC(=O)COC(=O)c1oc2ccc(Br)cc2c1C. The van der Waals surface area contributed by atoms with Crippen molar-refractivity contribution in [3.05, 3.63) is 62.3 Å². The van der Waals surface area contributed by atoms with Crippen LogP contribution in [0.25, 0.3) is 11.0 Å². The molecule has 29 heavy (non-hydrogen) atoms. The number of ether oxygens (including phenoxy) is 2. The van der Waals surface area contributed by atoms with Crippen LogP contribution in [-0.2, 0) is 9.53 Å². The number of benzene rings is 2. The highest BCUT2D eigenvalue weighted by Gasteiger charge is 2.21. The maximum absolute atomic E-state index is 12.3. The Kier molecular flexibility index (Phi) is 5.83. The van der Waals surface area contributed by atoms with E-state index in [4.69, 9.17) is 13.9 Å². The van der Waals surface area contributed by atoms with Crippen LogP contribution in [0.2, 0.25) is 0 Å². The number of hydrogen-bond donors (Lipinski definition) is 1. The maximum Gasteiger partial charge on any atom is 0.375 e. The van der Waals surface area contributed by atoms with Gasteiger partial charge in [-0.3, -0.25) is 14.9 Å². The Balaban J connectivity index is 1.70. The predicted octanol–water partition coefficient (Wildman–Crippen LogP) is 4.22. The first-order valence-corrected chi connectivity index (χ1v) is 9.07. The molecule has 0 radical (unpaired) electrons. The molecule has 0 fully saturated rings. The number of aryl methyl sites for hydroxylation is 1. The van der Waals surface area contributed by atoms with Crippen LogP contribution in [0, 0.1) is 17.0 Å². The first-order valence-electron chi connectivity index (χ1n) is 8.28. The Labute approximate surface area is 172 Å². The number of amides is 1. The van der Waals surface area contributed by atoms with Gasteiger partial charge in [0.1, 0.15) is 11.3 Å². The van der Waals surface area contributed by atoms with Gasteiger partial charge < -0.3 is 19.2 Å². The molecule has 3 aromatic rings. The van der Waals surface area contributed by atoms with E-state index in [1.165, 1.54) is 19.2 Å². The summed E-state index contributed by atoms with van der Waals surface area (Å²) in [5.74, 6) is -1.25. The van der Waals surface area contributed by atoms with Crippen molar-refractivity contribution >= 4 is 50.2 Å². The van der Waals surface area contributed by atoms with E-state index in [0.717, 1.165) is 15.9 Å². The molecule has 2 aromatic carbocycles. The smallest absolute Gasteiger partial charge is 0.375 e. The Morgan fingerprint density at radius 2 is 2.00 bits per heavy atom. The maximum atomic E-state index is 12.3. The normalized spacial score (nSPS) is 10.6. The molecule has 1 aromatic heterocycles. The Morgan fingerprint density at radius 3 is 2.69 bits per heavy atom. The minimum Gasteiger partial charge on any atom is -0.495 e. The Morgan fingerprint density at radius 1 is 1.24 bits per heavy atom. The van der Waals surface area contributed by atoms with Gasteiger partial charge in [-0.2, -0.15) is 0 Å². The number of carbonyl (C=O) groups excluding carboxylic acids is 2. The molecule has 1 heterocycles. The summed E-state index contributed by atoms with van der Waals surface area (Å²) in [6.45, 7) is 1.10. The number of methoxy groups -OCH3 is 1. The second kappa shape index (κ2) is 8.31. The lowest BCUT2D eigenvalue weighted by molar-refractivity contribution is -0.384. The predicted molar refractivity (Wildman–Crippen MR) is 107 cm³/mol. The summed E-state index contributed by atoms with van der Waals surface area (Å²) < 4.78 is 16.4. The summed E-state index contributed by atoms with van der Waals surface area (Å²) in [5, 5.41) is 14.1. The highest BCUT2D eigenvalue weighted by Crippen LogP contribution is 2.30. The second-order valence-electron chi connectivity index (χ2n) is 5.96. The van der Waals surface area contributed by atoms with Crippen LogP contribution in [0.1, 0.15) is 16.1 Å². The molecular formula is C19H15BrN2O7. The lowest BCUT2D eigenvalue weighted by Gasteiger charge is -2.10. The number of fused-ring (bicyclic) bond motifs is 1. The summed E-state index contributed by atoms with van der Waals surface area (Å²) in [6.07, 6.45) is 0. The monoisotopic (exact) mass is 462 g/mol. The number of rotatable bonds is 6. The van der Waals surface area contributed by atoms with Crippen molar-refractivity contribution in [3.8, 4) is 5.75 Å². The molecule has 0 saturated heterocycles. The molecule has 1 N–H and O–H groups in total. The van der Waals surface area contributed by atoms with E-state index in [-0.39, 0.29) is 22.9 Å². The summed E-state index contributed by atoms with van der Waals surface area (Å²) in [7, 11) is 1.36. The molecule has 1 amide bonds. The van der Waals surface area contributed by atoms with Gasteiger partial charge in [-0.1, -0.05) is 15.9 Å². The number of nitrogens with zero attached hydrogens (tertiary/aromatic N) is 1. The van der Waals surface area contributed by atoms with E-state index < -0.39 is 23.4 Å². The summed E-state index contributed by atoms with van der Waals surface area (Å²) in [6, 6.07) is 9.06. The van der Waals surface area contributed by atoms with Crippen LogP contribution in [0.5, 0.6) is 5.75 Å². The third-order valence-corrected chi connectivity index (χ3v) is 4.58. The lowest BCUT2D eigenvalue weighted by atomic mass is 10.1. The molecule has 0 spiro atoms. The van der Waals surface area contributed by atoms with Gasteiger partial charge in [-0.15, -0.1) is 0 Å². The van der Waals surface area contributed by atoms with Crippen molar-refractivity contribution in [1.82, 2.24) is 0 Å². The van der Waals surface area contributed by atoms with Crippen molar-refractivity contribution in [3.63, 3.8) is 0 Å². The van der Waals surface area contributed by atoms with Crippen LogP contribution in [0.4, 0.5) is 11.4 Å². The number of nitro groups is 1. The van der Waals surface area contributed by atoms with Crippen LogP contribution >= 0.6 is 15.9 Å². The zero-order chi connectivity index (χ0) is 21.1. The fourth-order valence-electron chi connectivity index (χ4n) is 2.68. The Bertz CT molecular complexity index is 1120. The Hall–Kier alpha value is -3.40. The molecule has 0 atom stereocenters. The van der Waals surface area contributed by atoms with Crippen molar-refractivity contribution < 1.29 is 28.4 Å². The fraction of sp³-hybridized carbons (Fsp3) is 0.158. The molecule has 3 rings (SSSR count). The van der Waals surface area contributed by atoms with Gasteiger partial charge in [0.2, 0.25) is 5.76 Å². The van der Waals surface area contributed by atoms with E-state index in [9.17, 15) is 19.7 Å². The van der Waals surface area contributed by atoms with Gasteiger partial charge in [0.15, 0.2) is 6.61 Å². The largest absolute Gasteiger partial charge is 0.495 e. The van der Waals surface area contributed by atoms with E-state index in [0.29, 0.717) is 11.1 Å². The van der Waals surface area contributed by atoms with Crippen LogP contribution < -0.4 is 10.1 Å². The molecule has 0 saturated carbocycles. The number of esters is 1. The minimum absolute atomic E-state index is 0.00108. The minimum atomic E-state index is -0.795. The molecular weight excluding hydrogens is 448 g/mol. The zero-order valence-electron chi connectivity index (χ0n) is 15.4. The third-order valence-electron chi connectivity index (χ3n) is 4.09. The number of anilines is 1. The summed E-state index contributed by atoms with van der Waals surface area (Å²) in [5.41, 5.74) is 0.977. The highest BCUT2D eigenvalue weighted by atomic mass is 79.9. The van der Waals surface area contributed by atoms with Crippen molar-refractivity contribution in [2.45, 2.75) is 6.92 Å². The first-order chi connectivity index (χ1) is 13.8. The quantitative estimate of drug-likeness (QED) is 0.330. The van der Waals surface area contributed by atoms with E-state index >= 15 is 0 Å². The van der Waals surface area contributed by atoms with Gasteiger partial charge in [-0.25, -0.2) is 4.79 Å². The van der Waals surface area contributed by atoms with Gasteiger partial charge >= 0.3 is 5.97 Å². The number of carbonyl (C=O) groups is 2. The standard InChI is InChI=1S/C19H15BrN2O7/c1-10-13-7-11(20)3-5-15(13)29-18(10)19(24)28-9-17(23)21-14-8-12(22(25)26)4-6-16(14)27-2/h3-8H,9H2,1-2H3,(H,21,23). The second-order valence-corrected chi connectivity index (χ2v) is 6.88. The van der Waals surface area contributed by atoms with Crippen LogP contribution in [0.15, 0.2) is 45.3 Å². The van der Waals surface area contributed by atoms with Gasteiger partial charge in [0, 0.05) is 27.6 Å². The van der Waals surface area contributed by atoms with Gasteiger partial charge in [-0.05, 0) is 31.2 Å². The average molecular weight is 463 g/mol. The summed E-state index contributed by atoms with van der Waals surface area (Å²) >= 11 is 3.36. The first kappa shape index (κ1) is 20.3. The number of hydrogen-bond acceptors (Lipinski definition) is 7. The molecule has 9 nitrogen and oxygen atoms in total. The number of non-ortho nitro benzene ring substituents is 1. The number of nitro benzene ring substituents is 1. The van der Waals surface area contributed by atoms with E-state index in [1.54, 1.807) is 19.1 Å². The molecule has 0 unspecified atom stereocenters. The molecule has 10 heteroatoms. The molecule has 0 aliphatic rings. The number of halogens is 1. The lowest BCUT2D eigenvalue weighted by Crippen LogP contribution is -2.21. The average Bonchev–Trinajstić information content (AvgIpc) is 3.02. The van der Waals surface area contributed by atoms with Crippen LogP contribution in [0.3, 0.4) is 0 Å². The zero-order valence-corrected chi connectivity index (χ0v) is 16.9. The molecule has 0 aliphatic heterocycles. The fourth-order valence-corrected chi connectivity index (χ4v) is 3.04. The molecule has 0 aliphatic carbocycles. The molecule has 0 bridgehead atoms. The van der Waals surface area contributed by atoms with Crippen molar-refractivity contribution in [2.24, 2.45) is 0 Å². The summed E-state index contributed by atoms with van der Waals surface area (Å²) in [4.78, 5) is 34.8. The van der Waals surface area contributed by atoms with Gasteiger partial charge in [0.25, 0.3) is 11.6 Å². The van der Waals surface area contributed by atoms with E-state index in [2.05, 4.69) is 21.2 Å². The third kappa shape index (κ3) is 4.37. The topological polar surface area (TPSA) is 121 Å². The van der Waals surface area contributed by atoms with Crippen LogP contribution in [-0.4, -0.2) is 30.5 Å². The highest BCUT2D eigenvalue weighted by molar-refractivity contribution is 9.10. The van der Waals surface area contributed by atoms with E-state index in [1.807, 2.05) is 6.07 Å². The number of nitrogens with one attached hydrogen (secondary N) is 1. The van der Waals surface area contributed by atoms with Crippen molar-refractivity contribution in [1.29, 1.82) is 0 Å². The molecule has 150 valence electrons. The van der Waals surface area contributed by atoms with Crippen molar-refractivity contribution in [2.75, 3.05) is 19.0 Å². The number of furan rings is 1.